The lowest BCUT2D eigenvalue weighted by molar-refractivity contribution is 0.0217. The molecule has 1 aromatic rings. The SMILES string of the molecule is CO[C@@H]1CN(c2ncccc2N)C[C@H]1O. The molecule has 1 aliphatic rings. The highest BCUT2D eigenvalue weighted by Gasteiger charge is 2.32. The van der Waals surface area contributed by atoms with Crippen molar-refractivity contribution in [3.8, 4) is 0 Å². The minimum absolute atomic E-state index is 0.161. The Hall–Kier alpha value is -1.33. The average molecular weight is 209 g/mol. The largest absolute Gasteiger partial charge is 0.396 e. The standard InChI is InChI=1S/C10H15N3O2/c1-15-9-6-13(5-8(9)14)10-7(11)3-2-4-12-10/h2-4,8-9,14H,5-6,11H2,1H3/t8-,9-/m1/s1. The van der Waals surface area contributed by atoms with Crippen molar-refractivity contribution in [3.63, 3.8) is 0 Å². The predicted molar refractivity (Wildman–Crippen MR) is 57.7 cm³/mol. The van der Waals surface area contributed by atoms with E-state index in [1.807, 2.05) is 4.90 Å². The summed E-state index contributed by atoms with van der Waals surface area (Å²) in [5.41, 5.74) is 6.43. The smallest absolute Gasteiger partial charge is 0.151 e. The Bertz CT molecular complexity index is 345. The molecule has 3 N–H and O–H groups in total. The Morgan fingerprint density at radius 3 is 3.00 bits per heavy atom. The molecule has 0 radical (unpaired) electrons. The van der Waals surface area contributed by atoms with Crippen LogP contribution in [0.4, 0.5) is 11.5 Å². The third kappa shape index (κ3) is 1.88. The lowest BCUT2D eigenvalue weighted by atomic mass is 10.3. The van der Waals surface area contributed by atoms with Gasteiger partial charge in [0, 0.05) is 26.4 Å². The van der Waals surface area contributed by atoms with Gasteiger partial charge in [-0.1, -0.05) is 0 Å². The summed E-state index contributed by atoms with van der Waals surface area (Å²) in [6.07, 6.45) is 1.06. The van der Waals surface area contributed by atoms with E-state index in [0.717, 1.165) is 5.82 Å². The number of aromatic nitrogens is 1. The fourth-order valence-corrected chi connectivity index (χ4v) is 1.83. The summed E-state index contributed by atoms with van der Waals surface area (Å²) in [5.74, 6) is 0.719. The number of methoxy groups -OCH3 is 1. The van der Waals surface area contributed by atoms with Crippen LogP contribution < -0.4 is 10.6 Å². The van der Waals surface area contributed by atoms with E-state index in [2.05, 4.69) is 4.98 Å². The molecule has 1 fully saturated rings. The van der Waals surface area contributed by atoms with Crippen LogP contribution in [0.25, 0.3) is 0 Å². The number of aliphatic hydroxyl groups excluding tert-OH is 1. The van der Waals surface area contributed by atoms with E-state index < -0.39 is 6.10 Å². The second kappa shape index (κ2) is 4.04. The monoisotopic (exact) mass is 209 g/mol. The van der Waals surface area contributed by atoms with Gasteiger partial charge in [-0.2, -0.15) is 0 Å². The molecule has 2 rings (SSSR count). The summed E-state index contributed by atoms with van der Waals surface area (Å²) in [6.45, 7) is 1.14. The minimum atomic E-state index is -0.476. The first-order valence-electron chi connectivity index (χ1n) is 4.88. The van der Waals surface area contributed by atoms with Crippen molar-refractivity contribution >= 4 is 11.5 Å². The molecule has 1 saturated heterocycles. The van der Waals surface area contributed by atoms with Crippen molar-refractivity contribution < 1.29 is 9.84 Å². The van der Waals surface area contributed by atoms with Crippen LogP contribution in [0.15, 0.2) is 18.3 Å². The van der Waals surface area contributed by atoms with Crippen molar-refractivity contribution in [1.82, 2.24) is 4.98 Å². The fourth-order valence-electron chi connectivity index (χ4n) is 1.83. The van der Waals surface area contributed by atoms with Gasteiger partial charge in [-0.05, 0) is 12.1 Å². The van der Waals surface area contributed by atoms with E-state index in [9.17, 15) is 5.11 Å². The quantitative estimate of drug-likeness (QED) is 0.709. The Labute approximate surface area is 88.5 Å². The molecule has 0 aliphatic carbocycles. The molecule has 5 heteroatoms. The molecule has 5 nitrogen and oxygen atoms in total. The molecule has 0 bridgehead atoms. The number of ether oxygens (including phenoxy) is 1. The lowest BCUT2D eigenvalue weighted by Gasteiger charge is -2.17. The van der Waals surface area contributed by atoms with Crippen molar-refractivity contribution in [1.29, 1.82) is 0 Å². The average Bonchev–Trinajstić information content (AvgIpc) is 2.60. The van der Waals surface area contributed by atoms with Gasteiger partial charge in [0.15, 0.2) is 5.82 Å². The van der Waals surface area contributed by atoms with E-state index in [0.29, 0.717) is 18.8 Å². The molecule has 1 aliphatic heterocycles. The first-order valence-corrected chi connectivity index (χ1v) is 4.88. The Kier molecular flexibility index (Phi) is 2.75. The number of nitrogen functional groups attached to an aromatic ring is 1. The molecule has 15 heavy (non-hydrogen) atoms. The normalized spacial score (nSPS) is 25.9. The first kappa shape index (κ1) is 10.2. The molecule has 1 aromatic heterocycles. The Morgan fingerprint density at radius 2 is 2.40 bits per heavy atom. The van der Waals surface area contributed by atoms with Gasteiger partial charge >= 0.3 is 0 Å². The van der Waals surface area contributed by atoms with Crippen molar-refractivity contribution in [3.05, 3.63) is 18.3 Å². The molecule has 2 heterocycles. The number of hydrogen-bond acceptors (Lipinski definition) is 5. The van der Waals surface area contributed by atoms with Gasteiger partial charge in [-0.15, -0.1) is 0 Å². The maximum Gasteiger partial charge on any atom is 0.151 e. The highest BCUT2D eigenvalue weighted by Crippen LogP contribution is 2.24. The van der Waals surface area contributed by atoms with Gasteiger partial charge in [0.05, 0.1) is 11.8 Å². The van der Waals surface area contributed by atoms with Crippen LogP contribution in [0.5, 0.6) is 0 Å². The van der Waals surface area contributed by atoms with Crippen LogP contribution in [0, 0.1) is 0 Å². The second-order valence-corrected chi connectivity index (χ2v) is 3.66. The molecule has 82 valence electrons. The van der Waals surface area contributed by atoms with E-state index in [1.54, 1.807) is 25.4 Å². The minimum Gasteiger partial charge on any atom is -0.396 e. The first-order chi connectivity index (χ1) is 7.22. The van der Waals surface area contributed by atoms with E-state index in [-0.39, 0.29) is 6.10 Å². The number of β-amino-alcohol motifs (C(OH)–C–C–N with tert-alkyl or cyclic N) is 1. The maximum absolute atomic E-state index is 9.68. The number of rotatable bonds is 2. The zero-order chi connectivity index (χ0) is 10.8. The molecule has 0 aromatic carbocycles. The molecule has 2 atom stereocenters. The van der Waals surface area contributed by atoms with Gasteiger partial charge in [0.2, 0.25) is 0 Å². The van der Waals surface area contributed by atoms with Gasteiger partial charge in [-0.3, -0.25) is 0 Å². The van der Waals surface area contributed by atoms with Crippen LogP contribution >= 0.6 is 0 Å². The Balaban J connectivity index is 2.17. The summed E-state index contributed by atoms with van der Waals surface area (Å²) in [6, 6.07) is 3.59. The van der Waals surface area contributed by atoms with Crippen molar-refractivity contribution in [2.45, 2.75) is 12.2 Å². The third-order valence-corrected chi connectivity index (χ3v) is 2.66. The van der Waals surface area contributed by atoms with Crippen LogP contribution in [0.2, 0.25) is 0 Å². The summed E-state index contributed by atoms with van der Waals surface area (Å²) < 4.78 is 5.15. The van der Waals surface area contributed by atoms with E-state index in [1.165, 1.54) is 0 Å². The van der Waals surface area contributed by atoms with Crippen molar-refractivity contribution in [2.75, 3.05) is 30.8 Å². The fraction of sp³-hybridized carbons (Fsp3) is 0.500. The number of pyridine rings is 1. The predicted octanol–water partition coefficient (Wildman–Crippen LogP) is -0.140. The molecular weight excluding hydrogens is 194 g/mol. The molecule has 0 amide bonds. The maximum atomic E-state index is 9.68. The van der Waals surface area contributed by atoms with Crippen LogP contribution in [-0.2, 0) is 4.74 Å². The molecular formula is C10H15N3O2. The molecule has 0 spiro atoms. The number of nitrogens with two attached hydrogens (primary N) is 1. The van der Waals surface area contributed by atoms with Crippen LogP contribution in [0.1, 0.15) is 0 Å². The Morgan fingerprint density at radius 1 is 1.60 bits per heavy atom. The number of aliphatic hydroxyl groups is 1. The molecule has 0 unspecified atom stereocenters. The number of nitrogens with zero attached hydrogens (tertiary/aromatic N) is 2. The highest BCUT2D eigenvalue weighted by atomic mass is 16.5. The third-order valence-electron chi connectivity index (χ3n) is 2.66. The molecule has 0 saturated carbocycles. The van der Waals surface area contributed by atoms with Gasteiger partial charge in [0.25, 0.3) is 0 Å². The van der Waals surface area contributed by atoms with Gasteiger partial charge < -0.3 is 20.5 Å². The van der Waals surface area contributed by atoms with Crippen molar-refractivity contribution in [2.24, 2.45) is 0 Å². The van der Waals surface area contributed by atoms with E-state index >= 15 is 0 Å². The topological polar surface area (TPSA) is 71.6 Å². The number of anilines is 2. The summed E-state index contributed by atoms with van der Waals surface area (Å²) in [4.78, 5) is 6.14. The number of hydrogen-bond donors (Lipinski definition) is 2. The van der Waals surface area contributed by atoms with Gasteiger partial charge in [-0.25, -0.2) is 4.98 Å². The van der Waals surface area contributed by atoms with Gasteiger partial charge in [0.1, 0.15) is 6.10 Å². The zero-order valence-electron chi connectivity index (χ0n) is 8.63. The highest BCUT2D eigenvalue weighted by molar-refractivity contribution is 5.62. The van der Waals surface area contributed by atoms with Crippen LogP contribution in [0.3, 0.4) is 0 Å². The summed E-state index contributed by atoms with van der Waals surface area (Å²) >= 11 is 0. The van der Waals surface area contributed by atoms with E-state index in [4.69, 9.17) is 10.5 Å². The zero-order valence-corrected chi connectivity index (χ0v) is 8.63. The second-order valence-electron chi connectivity index (χ2n) is 3.66. The van der Waals surface area contributed by atoms with Crippen LogP contribution in [-0.4, -0.2) is 42.5 Å². The summed E-state index contributed by atoms with van der Waals surface area (Å²) in [7, 11) is 1.60. The summed E-state index contributed by atoms with van der Waals surface area (Å²) in [5, 5.41) is 9.68. The lowest BCUT2D eigenvalue weighted by Crippen LogP contribution is -2.25.